The second-order valence-electron chi connectivity index (χ2n) is 4.12. The second kappa shape index (κ2) is 6.56. The molecule has 0 aliphatic heterocycles. The molecular formula is C14H9Cl2NO4. The van der Waals surface area contributed by atoms with Crippen LogP contribution in [0.25, 0.3) is 0 Å². The minimum Gasteiger partial charge on any atom is -0.457 e. The Morgan fingerprint density at radius 2 is 1.86 bits per heavy atom. The van der Waals surface area contributed by atoms with Crippen LogP contribution in [0.2, 0.25) is 10.0 Å². The van der Waals surface area contributed by atoms with Crippen molar-refractivity contribution in [2.24, 2.45) is 0 Å². The molecule has 0 spiro atoms. The average Bonchev–Trinajstić information content (AvgIpc) is 2.44. The van der Waals surface area contributed by atoms with Crippen molar-refractivity contribution in [1.82, 2.24) is 0 Å². The standard InChI is InChI=1S/C14H9Cl2NO4/c15-10-3-1-2-9(6-10)8-21-14(18)12-7-11(16)4-5-13(12)17(19)20/h1-7H,8H2. The minimum atomic E-state index is -0.816. The number of rotatable bonds is 4. The number of nitro benzene ring substituents is 1. The predicted molar refractivity (Wildman–Crippen MR) is 78.7 cm³/mol. The summed E-state index contributed by atoms with van der Waals surface area (Å²) in [5.74, 6) is -0.816. The Kier molecular flexibility index (Phi) is 4.77. The number of carbonyl (C=O) groups is 1. The summed E-state index contributed by atoms with van der Waals surface area (Å²) >= 11 is 11.6. The van der Waals surface area contributed by atoms with E-state index < -0.39 is 10.9 Å². The molecular weight excluding hydrogens is 317 g/mol. The predicted octanol–water partition coefficient (Wildman–Crippen LogP) is 4.26. The highest BCUT2D eigenvalue weighted by atomic mass is 35.5. The molecule has 0 fully saturated rings. The van der Waals surface area contributed by atoms with E-state index in [4.69, 9.17) is 27.9 Å². The number of hydrogen-bond acceptors (Lipinski definition) is 4. The molecule has 0 aromatic heterocycles. The number of esters is 1. The van der Waals surface area contributed by atoms with Gasteiger partial charge in [-0.05, 0) is 29.8 Å². The second-order valence-corrected chi connectivity index (χ2v) is 5.00. The zero-order chi connectivity index (χ0) is 15.4. The maximum Gasteiger partial charge on any atom is 0.345 e. The van der Waals surface area contributed by atoms with Gasteiger partial charge in [0.1, 0.15) is 12.2 Å². The zero-order valence-corrected chi connectivity index (χ0v) is 12.1. The van der Waals surface area contributed by atoms with Gasteiger partial charge in [-0.3, -0.25) is 10.1 Å². The Balaban J connectivity index is 2.17. The van der Waals surface area contributed by atoms with Crippen molar-refractivity contribution >= 4 is 34.9 Å². The third-order valence-corrected chi connectivity index (χ3v) is 3.10. The summed E-state index contributed by atoms with van der Waals surface area (Å²) in [4.78, 5) is 22.2. The number of hydrogen-bond donors (Lipinski definition) is 0. The van der Waals surface area contributed by atoms with E-state index in [1.165, 1.54) is 12.1 Å². The summed E-state index contributed by atoms with van der Waals surface area (Å²) < 4.78 is 5.05. The Labute approximate surface area is 130 Å². The summed E-state index contributed by atoms with van der Waals surface area (Å²) in [6.07, 6.45) is 0. The zero-order valence-electron chi connectivity index (χ0n) is 10.6. The fourth-order valence-electron chi connectivity index (χ4n) is 1.68. The number of benzene rings is 2. The van der Waals surface area contributed by atoms with Crippen LogP contribution in [0, 0.1) is 10.1 Å². The van der Waals surface area contributed by atoms with Gasteiger partial charge in [-0.1, -0.05) is 35.3 Å². The summed E-state index contributed by atoms with van der Waals surface area (Å²) in [5, 5.41) is 11.6. The van der Waals surface area contributed by atoms with Crippen LogP contribution >= 0.6 is 23.2 Å². The van der Waals surface area contributed by atoms with Gasteiger partial charge in [-0.25, -0.2) is 4.79 Å². The first-order valence-electron chi connectivity index (χ1n) is 5.83. The van der Waals surface area contributed by atoms with Crippen LogP contribution in [0.15, 0.2) is 42.5 Å². The average molecular weight is 326 g/mol. The van der Waals surface area contributed by atoms with E-state index in [0.717, 1.165) is 6.07 Å². The normalized spacial score (nSPS) is 10.2. The van der Waals surface area contributed by atoms with Gasteiger partial charge in [0, 0.05) is 16.1 Å². The molecule has 21 heavy (non-hydrogen) atoms. The molecule has 108 valence electrons. The molecule has 0 bridgehead atoms. The van der Waals surface area contributed by atoms with Crippen LogP contribution in [-0.4, -0.2) is 10.9 Å². The summed E-state index contributed by atoms with van der Waals surface area (Å²) in [6, 6.07) is 10.5. The van der Waals surface area contributed by atoms with Crippen LogP contribution < -0.4 is 0 Å². The highest BCUT2D eigenvalue weighted by Gasteiger charge is 2.21. The maximum absolute atomic E-state index is 12.0. The Bertz CT molecular complexity index is 703. The highest BCUT2D eigenvalue weighted by Crippen LogP contribution is 2.24. The van der Waals surface area contributed by atoms with E-state index in [-0.39, 0.29) is 22.9 Å². The van der Waals surface area contributed by atoms with Gasteiger partial charge in [0.05, 0.1) is 4.92 Å². The van der Waals surface area contributed by atoms with Crippen LogP contribution in [-0.2, 0) is 11.3 Å². The van der Waals surface area contributed by atoms with Gasteiger partial charge in [-0.15, -0.1) is 0 Å². The van der Waals surface area contributed by atoms with Crippen molar-refractivity contribution in [2.45, 2.75) is 6.61 Å². The van der Waals surface area contributed by atoms with Crippen LogP contribution in [0.1, 0.15) is 15.9 Å². The number of nitrogens with zero attached hydrogens (tertiary/aromatic N) is 1. The first-order chi connectivity index (χ1) is 9.97. The van der Waals surface area contributed by atoms with Gasteiger partial charge in [-0.2, -0.15) is 0 Å². The molecule has 0 atom stereocenters. The molecule has 2 aromatic rings. The van der Waals surface area contributed by atoms with Crippen molar-refractivity contribution in [3.05, 3.63) is 73.8 Å². The molecule has 0 aliphatic carbocycles. The first kappa shape index (κ1) is 15.3. The largest absolute Gasteiger partial charge is 0.457 e. The molecule has 0 radical (unpaired) electrons. The molecule has 0 saturated carbocycles. The molecule has 2 rings (SSSR count). The van der Waals surface area contributed by atoms with E-state index in [1.807, 2.05) is 0 Å². The minimum absolute atomic E-state index is 0.0386. The lowest BCUT2D eigenvalue weighted by Gasteiger charge is -2.06. The monoisotopic (exact) mass is 325 g/mol. The number of nitro groups is 1. The van der Waals surface area contributed by atoms with E-state index in [9.17, 15) is 14.9 Å². The Morgan fingerprint density at radius 3 is 2.52 bits per heavy atom. The maximum atomic E-state index is 12.0. The van der Waals surface area contributed by atoms with E-state index in [0.29, 0.717) is 10.6 Å². The summed E-state index contributed by atoms with van der Waals surface area (Å²) in [5.41, 5.74) is 0.144. The summed E-state index contributed by atoms with van der Waals surface area (Å²) in [7, 11) is 0. The molecule has 0 unspecified atom stereocenters. The first-order valence-corrected chi connectivity index (χ1v) is 6.58. The lowest BCUT2D eigenvalue weighted by atomic mass is 10.2. The number of ether oxygens (including phenoxy) is 1. The molecule has 0 heterocycles. The third-order valence-electron chi connectivity index (χ3n) is 2.63. The molecule has 0 aliphatic rings. The Morgan fingerprint density at radius 1 is 1.14 bits per heavy atom. The van der Waals surface area contributed by atoms with Gasteiger partial charge in [0.15, 0.2) is 0 Å². The van der Waals surface area contributed by atoms with Crippen LogP contribution in [0.3, 0.4) is 0 Å². The molecule has 0 saturated heterocycles. The van der Waals surface area contributed by atoms with E-state index in [1.54, 1.807) is 24.3 Å². The van der Waals surface area contributed by atoms with Crippen molar-refractivity contribution in [3.8, 4) is 0 Å². The molecule has 0 amide bonds. The fraction of sp³-hybridized carbons (Fsp3) is 0.0714. The van der Waals surface area contributed by atoms with Gasteiger partial charge < -0.3 is 4.74 Å². The third kappa shape index (κ3) is 3.93. The lowest BCUT2D eigenvalue weighted by molar-refractivity contribution is -0.385. The van der Waals surface area contributed by atoms with E-state index in [2.05, 4.69) is 0 Å². The van der Waals surface area contributed by atoms with Gasteiger partial charge in [0.25, 0.3) is 5.69 Å². The van der Waals surface area contributed by atoms with Crippen molar-refractivity contribution in [2.75, 3.05) is 0 Å². The smallest absolute Gasteiger partial charge is 0.345 e. The summed E-state index contributed by atoms with van der Waals surface area (Å²) in [6.45, 7) is -0.0386. The molecule has 0 N–H and O–H groups in total. The van der Waals surface area contributed by atoms with Gasteiger partial charge in [0.2, 0.25) is 0 Å². The molecule has 5 nitrogen and oxygen atoms in total. The highest BCUT2D eigenvalue weighted by molar-refractivity contribution is 6.31. The molecule has 7 heteroatoms. The quantitative estimate of drug-likeness (QED) is 0.478. The van der Waals surface area contributed by atoms with Crippen molar-refractivity contribution < 1.29 is 14.5 Å². The van der Waals surface area contributed by atoms with E-state index >= 15 is 0 Å². The van der Waals surface area contributed by atoms with Crippen LogP contribution in [0.4, 0.5) is 5.69 Å². The number of carbonyl (C=O) groups excluding carboxylic acids is 1. The SMILES string of the molecule is O=C(OCc1cccc(Cl)c1)c1cc(Cl)ccc1[N+](=O)[O-]. The topological polar surface area (TPSA) is 69.4 Å². The fourth-order valence-corrected chi connectivity index (χ4v) is 2.07. The van der Waals surface area contributed by atoms with Crippen molar-refractivity contribution in [3.63, 3.8) is 0 Å². The van der Waals surface area contributed by atoms with Crippen molar-refractivity contribution in [1.29, 1.82) is 0 Å². The molecule has 2 aromatic carbocycles. The lowest BCUT2D eigenvalue weighted by Crippen LogP contribution is -2.08. The number of halogens is 2. The Hall–Kier alpha value is -2.11. The van der Waals surface area contributed by atoms with Crippen LogP contribution in [0.5, 0.6) is 0 Å². The van der Waals surface area contributed by atoms with Gasteiger partial charge >= 0.3 is 5.97 Å².